The third kappa shape index (κ3) is 1.20. The summed E-state index contributed by atoms with van der Waals surface area (Å²) in [5, 5.41) is 7.48. The maximum atomic E-state index is 11.5. The molecule has 74 valence electrons. The molecule has 0 atom stereocenters. The Morgan fingerprint density at radius 1 is 1.64 bits per heavy atom. The second kappa shape index (κ2) is 3.22. The first kappa shape index (κ1) is 8.89. The molecule has 0 bridgehead atoms. The Morgan fingerprint density at radius 3 is 3.14 bits per heavy atom. The summed E-state index contributed by atoms with van der Waals surface area (Å²) in [5.74, 6) is 0.466. The molecule has 2 aromatic rings. The smallest absolute Gasteiger partial charge is 0.255 e. The molecule has 0 unspecified atom stereocenters. The zero-order valence-electron chi connectivity index (χ0n) is 7.82. The minimum absolute atomic E-state index is 0.131. The van der Waals surface area contributed by atoms with Crippen molar-refractivity contribution in [2.24, 2.45) is 5.73 Å². The molecule has 0 amide bonds. The Morgan fingerprint density at radius 2 is 2.43 bits per heavy atom. The fourth-order valence-corrected chi connectivity index (χ4v) is 1.49. The van der Waals surface area contributed by atoms with Crippen LogP contribution in [0.1, 0.15) is 11.3 Å². The number of hydrogen-bond donors (Lipinski definition) is 2. The molecular formula is C8H11N5O. The number of H-pyrrole nitrogens is 1. The number of aromatic amines is 1. The number of aryl methyl sites for hydroxylation is 1. The van der Waals surface area contributed by atoms with Crippen molar-refractivity contribution in [2.45, 2.75) is 13.3 Å². The van der Waals surface area contributed by atoms with Crippen LogP contribution in [0.5, 0.6) is 0 Å². The molecule has 0 radical (unpaired) electrons. The molecule has 0 fully saturated rings. The molecule has 0 saturated heterocycles. The molecule has 3 N–H and O–H groups in total. The zero-order valence-corrected chi connectivity index (χ0v) is 7.82. The van der Waals surface area contributed by atoms with E-state index in [9.17, 15) is 4.79 Å². The molecule has 2 aromatic heterocycles. The van der Waals surface area contributed by atoms with E-state index in [-0.39, 0.29) is 5.56 Å². The number of nitrogens with two attached hydrogens (primary N) is 1. The summed E-state index contributed by atoms with van der Waals surface area (Å²) >= 11 is 0. The predicted molar refractivity (Wildman–Crippen MR) is 51.1 cm³/mol. The average molecular weight is 193 g/mol. The number of nitrogens with one attached hydrogen (secondary N) is 1. The van der Waals surface area contributed by atoms with Crippen LogP contribution in [0, 0.1) is 6.92 Å². The van der Waals surface area contributed by atoms with Gasteiger partial charge in [-0.15, -0.1) is 10.2 Å². The van der Waals surface area contributed by atoms with Crippen molar-refractivity contribution in [3.8, 4) is 0 Å². The predicted octanol–water partition coefficient (Wildman–Crippen LogP) is -0.773. The number of aromatic nitrogens is 4. The third-order valence-corrected chi connectivity index (χ3v) is 2.24. The van der Waals surface area contributed by atoms with E-state index in [0.717, 1.165) is 5.69 Å². The van der Waals surface area contributed by atoms with Gasteiger partial charge in [-0.3, -0.25) is 14.2 Å². The quantitative estimate of drug-likeness (QED) is 0.655. The van der Waals surface area contributed by atoms with Crippen molar-refractivity contribution < 1.29 is 0 Å². The molecular weight excluding hydrogens is 182 g/mol. The van der Waals surface area contributed by atoms with Gasteiger partial charge in [0.05, 0.1) is 0 Å². The van der Waals surface area contributed by atoms with Gasteiger partial charge >= 0.3 is 0 Å². The summed E-state index contributed by atoms with van der Waals surface area (Å²) in [6.07, 6.45) is 2.13. The summed E-state index contributed by atoms with van der Waals surface area (Å²) in [6.45, 7) is 2.31. The van der Waals surface area contributed by atoms with Gasteiger partial charge in [0.15, 0.2) is 0 Å². The van der Waals surface area contributed by atoms with Crippen molar-refractivity contribution in [3.63, 3.8) is 0 Å². The summed E-state index contributed by atoms with van der Waals surface area (Å²) in [7, 11) is 0. The molecule has 0 aliphatic heterocycles. The fourth-order valence-electron chi connectivity index (χ4n) is 1.49. The fraction of sp³-hybridized carbons (Fsp3) is 0.375. The first-order chi connectivity index (χ1) is 6.74. The lowest BCUT2D eigenvalue weighted by molar-refractivity contribution is 0.886. The molecule has 2 rings (SSSR count). The molecule has 0 aromatic carbocycles. The number of hydrogen-bond acceptors (Lipinski definition) is 4. The summed E-state index contributed by atoms with van der Waals surface area (Å²) < 4.78 is 1.74. The molecule has 0 spiro atoms. The number of fused-ring (bicyclic) bond motifs is 1. The van der Waals surface area contributed by atoms with Gasteiger partial charge in [0.1, 0.15) is 6.33 Å². The van der Waals surface area contributed by atoms with Crippen LogP contribution >= 0.6 is 0 Å². The highest BCUT2D eigenvalue weighted by molar-refractivity contribution is 5.31. The van der Waals surface area contributed by atoms with Crippen molar-refractivity contribution in [2.75, 3.05) is 6.54 Å². The summed E-state index contributed by atoms with van der Waals surface area (Å²) in [4.78, 5) is 14.2. The largest absolute Gasteiger partial charge is 0.330 e. The maximum Gasteiger partial charge on any atom is 0.255 e. The monoisotopic (exact) mass is 193 g/mol. The van der Waals surface area contributed by atoms with E-state index in [4.69, 9.17) is 5.73 Å². The minimum Gasteiger partial charge on any atom is -0.330 e. The van der Waals surface area contributed by atoms with Crippen LogP contribution in [0.25, 0.3) is 5.78 Å². The van der Waals surface area contributed by atoms with Gasteiger partial charge in [0.25, 0.3) is 5.56 Å². The Balaban J connectivity index is 2.75. The molecule has 6 heteroatoms. The first-order valence-corrected chi connectivity index (χ1v) is 4.35. The topological polar surface area (TPSA) is 89.1 Å². The molecule has 0 saturated carbocycles. The van der Waals surface area contributed by atoms with Crippen molar-refractivity contribution in [1.29, 1.82) is 0 Å². The van der Waals surface area contributed by atoms with Gasteiger partial charge in [-0.25, -0.2) is 0 Å². The number of rotatable bonds is 2. The van der Waals surface area contributed by atoms with E-state index >= 15 is 0 Å². The Hall–Kier alpha value is -1.69. The van der Waals surface area contributed by atoms with Gasteiger partial charge in [-0.05, 0) is 19.9 Å². The normalized spacial score (nSPS) is 11.0. The number of nitrogens with zero attached hydrogens (tertiary/aromatic N) is 3. The Bertz CT molecular complexity index is 512. The van der Waals surface area contributed by atoms with Crippen LogP contribution in [0.15, 0.2) is 11.1 Å². The minimum atomic E-state index is -0.131. The molecule has 0 aliphatic carbocycles. The highest BCUT2D eigenvalue weighted by Gasteiger charge is 2.08. The van der Waals surface area contributed by atoms with Crippen LogP contribution in [-0.2, 0) is 6.42 Å². The molecule has 6 nitrogen and oxygen atoms in total. The van der Waals surface area contributed by atoms with Crippen LogP contribution in [-0.4, -0.2) is 26.1 Å². The van der Waals surface area contributed by atoms with Gasteiger partial charge in [0.2, 0.25) is 5.78 Å². The Kier molecular flexibility index (Phi) is 2.05. The van der Waals surface area contributed by atoms with Crippen LogP contribution in [0.4, 0.5) is 0 Å². The van der Waals surface area contributed by atoms with E-state index in [1.165, 1.54) is 0 Å². The van der Waals surface area contributed by atoms with Crippen LogP contribution in [0.3, 0.4) is 0 Å². The van der Waals surface area contributed by atoms with E-state index in [1.807, 2.05) is 6.92 Å². The molecule has 0 aliphatic rings. The van der Waals surface area contributed by atoms with Gasteiger partial charge in [-0.2, -0.15) is 0 Å². The first-order valence-electron chi connectivity index (χ1n) is 4.35. The lowest BCUT2D eigenvalue weighted by Crippen LogP contribution is -2.20. The zero-order chi connectivity index (χ0) is 10.1. The van der Waals surface area contributed by atoms with Crippen LogP contribution < -0.4 is 11.3 Å². The third-order valence-electron chi connectivity index (χ3n) is 2.24. The lowest BCUT2D eigenvalue weighted by atomic mass is 10.2. The lowest BCUT2D eigenvalue weighted by Gasteiger charge is -2.04. The Labute approximate surface area is 79.8 Å². The summed E-state index contributed by atoms with van der Waals surface area (Å²) in [5.41, 5.74) is 6.83. The van der Waals surface area contributed by atoms with E-state index < -0.39 is 0 Å². The van der Waals surface area contributed by atoms with Crippen molar-refractivity contribution in [3.05, 3.63) is 27.9 Å². The van der Waals surface area contributed by atoms with Crippen LogP contribution in [0.2, 0.25) is 0 Å². The molecule has 2 heterocycles. The van der Waals surface area contributed by atoms with Gasteiger partial charge in [0, 0.05) is 11.3 Å². The second-order valence-electron chi connectivity index (χ2n) is 3.08. The van der Waals surface area contributed by atoms with E-state index in [2.05, 4.69) is 15.2 Å². The molecule has 14 heavy (non-hydrogen) atoms. The maximum absolute atomic E-state index is 11.5. The highest BCUT2D eigenvalue weighted by atomic mass is 16.1. The SMILES string of the molecule is Cc1c(CCN)c(=O)[nH]c2nncn12. The van der Waals surface area contributed by atoms with E-state index in [0.29, 0.717) is 24.3 Å². The second-order valence-corrected chi connectivity index (χ2v) is 3.08. The van der Waals surface area contributed by atoms with Gasteiger partial charge in [-0.1, -0.05) is 0 Å². The van der Waals surface area contributed by atoms with Crippen molar-refractivity contribution >= 4 is 5.78 Å². The summed E-state index contributed by atoms with van der Waals surface area (Å²) in [6, 6.07) is 0. The average Bonchev–Trinajstić information content (AvgIpc) is 2.60. The standard InChI is InChI=1S/C8H11N5O/c1-5-6(2-3-9)7(14)11-8-12-10-4-13(5)8/h4H,2-3,9H2,1H3,(H,11,12,14). The van der Waals surface area contributed by atoms with Gasteiger partial charge < -0.3 is 5.73 Å². The van der Waals surface area contributed by atoms with E-state index in [1.54, 1.807) is 10.7 Å². The highest BCUT2D eigenvalue weighted by Crippen LogP contribution is 2.03. The van der Waals surface area contributed by atoms with Crippen molar-refractivity contribution in [1.82, 2.24) is 19.6 Å².